The zero-order valence-corrected chi connectivity index (χ0v) is 19.5. The summed E-state index contributed by atoms with van der Waals surface area (Å²) in [5, 5.41) is 22.3. The predicted molar refractivity (Wildman–Crippen MR) is 127 cm³/mol. The lowest BCUT2D eigenvalue weighted by molar-refractivity contribution is 0.0523. The molecule has 0 atom stereocenters. The van der Waals surface area contributed by atoms with E-state index in [1.54, 1.807) is 69.3 Å². The van der Waals surface area contributed by atoms with Gasteiger partial charge in [-0.15, -0.1) is 0 Å². The van der Waals surface area contributed by atoms with E-state index in [-0.39, 0.29) is 29.5 Å². The molecule has 0 radical (unpaired) electrons. The molecule has 5 N–H and O–H groups in total. The Bertz CT molecular complexity index is 1190. The summed E-state index contributed by atoms with van der Waals surface area (Å²) >= 11 is 5.96. The predicted octanol–water partition coefficient (Wildman–Crippen LogP) is 3.71. The number of hydrogen-bond donors (Lipinski definition) is 4. The van der Waals surface area contributed by atoms with Gasteiger partial charge in [0.15, 0.2) is 11.5 Å². The summed E-state index contributed by atoms with van der Waals surface area (Å²) in [6.45, 7) is 5.54. The van der Waals surface area contributed by atoms with Crippen LogP contribution in [-0.4, -0.2) is 33.8 Å². The van der Waals surface area contributed by atoms with E-state index in [1.165, 1.54) is 0 Å². The number of nitrogens with one attached hydrogen (secondary N) is 3. The number of halogens is 1. The molecule has 178 valence electrons. The lowest BCUT2D eigenvalue weighted by Gasteiger charge is -2.19. The van der Waals surface area contributed by atoms with E-state index in [1.807, 2.05) is 0 Å². The first kappa shape index (κ1) is 24.7. The number of rotatable bonds is 6. The molecule has 0 unspecified atom stereocenters. The van der Waals surface area contributed by atoms with Crippen LogP contribution in [0.5, 0.6) is 0 Å². The van der Waals surface area contributed by atoms with E-state index < -0.39 is 17.6 Å². The molecule has 0 aliphatic heterocycles. The minimum absolute atomic E-state index is 0.0611. The minimum atomic E-state index is -0.598. The van der Waals surface area contributed by atoms with Crippen LogP contribution in [0.2, 0.25) is 5.02 Å². The summed E-state index contributed by atoms with van der Waals surface area (Å²) in [6.07, 6.45) is -0.541. The molecule has 11 nitrogen and oxygen atoms in total. The quantitative estimate of drug-likeness (QED) is 0.135. The van der Waals surface area contributed by atoms with Crippen LogP contribution >= 0.6 is 11.6 Å². The molecule has 0 spiro atoms. The number of alkyl carbamates (subject to hydrolysis) is 1. The van der Waals surface area contributed by atoms with Gasteiger partial charge in [-0.1, -0.05) is 29.8 Å². The average molecular weight is 486 g/mol. The number of hydrogen-bond acceptors (Lipinski definition) is 8. The highest BCUT2D eigenvalue weighted by Gasteiger charge is 2.25. The molecule has 0 bridgehead atoms. The number of carbonyl (C=O) groups is 2. The normalized spacial score (nSPS) is 11.0. The maximum absolute atomic E-state index is 12.8. The number of aromatic nitrogens is 2. The number of ether oxygens (including phenoxy) is 1. The van der Waals surface area contributed by atoms with Gasteiger partial charge >= 0.3 is 6.09 Å². The number of carbonyl (C=O) groups excluding carboxylic acids is 2. The van der Waals surface area contributed by atoms with E-state index in [2.05, 4.69) is 20.9 Å². The molecule has 12 heteroatoms. The van der Waals surface area contributed by atoms with E-state index in [9.17, 15) is 9.59 Å². The summed E-state index contributed by atoms with van der Waals surface area (Å²) in [7, 11) is 0. The zero-order valence-electron chi connectivity index (χ0n) is 18.8. The van der Waals surface area contributed by atoms with E-state index in [4.69, 9.17) is 32.2 Å². The summed E-state index contributed by atoms with van der Waals surface area (Å²) < 4.78 is 9.90. The smallest absolute Gasteiger partial charge is 0.407 e. The van der Waals surface area contributed by atoms with E-state index in [0.29, 0.717) is 10.7 Å². The molecule has 34 heavy (non-hydrogen) atoms. The van der Waals surface area contributed by atoms with Crippen molar-refractivity contribution in [1.29, 1.82) is 5.41 Å². The number of benzene rings is 2. The Morgan fingerprint density at radius 2 is 1.88 bits per heavy atom. The Kier molecular flexibility index (Phi) is 7.49. The van der Waals surface area contributed by atoms with E-state index in [0.717, 1.165) is 10.6 Å². The highest BCUT2D eigenvalue weighted by molar-refractivity contribution is 6.31. The zero-order chi connectivity index (χ0) is 24.9. The van der Waals surface area contributed by atoms with Crippen molar-refractivity contribution in [3.63, 3.8) is 0 Å². The number of hydrazine groups is 1. The van der Waals surface area contributed by atoms with Crippen LogP contribution in [0, 0.1) is 5.41 Å². The van der Waals surface area contributed by atoms with Gasteiger partial charge in [-0.3, -0.25) is 10.2 Å². The van der Waals surface area contributed by atoms with Gasteiger partial charge in [0.2, 0.25) is 5.82 Å². The topological polar surface area (TPSA) is 159 Å². The second kappa shape index (κ2) is 10.3. The summed E-state index contributed by atoms with van der Waals surface area (Å²) in [4.78, 5) is 24.6. The minimum Gasteiger partial charge on any atom is -0.444 e. The Morgan fingerprint density at radius 3 is 2.53 bits per heavy atom. The van der Waals surface area contributed by atoms with Crippen LogP contribution in [0.15, 0.2) is 53.2 Å². The molecule has 0 saturated carbocycles. The average Bonchev–Trinajstić information content (AvgIpc) is 3.26. The van der Waals surface area contributed by atoms with Crippen LogP contribution < -0.4 is 21.5 Å². The fourth-order valence-electron chi connectivity index (χ4n) is 2.76. The second-order valence-electron chi connectivity index (χ2n) is 8.17. The molecule has 0 aliphatic rings. The summed E-state index contributed by atoms with van der Waals surface area (Å²) in [6, 6.07) is 13.2. The first-order valence-corrected chi connectivity index (χ1v) is 10.5. The Labute approximate surface area is 200 Å². The SMILES string of the molecule is CC(C)(C)OC(=O)NCc1ccc(C(=O)N(N)c2nonc2C(=N)Nc2cccc(Cl)c2)cc1. The van der Waals surface area contributed by atoms with Gasteiger partial charge in [-0.05, 0) is 67.0 Å². The van der Waals surface area contributed by atoms with Crippen LogP contribution in [0.25, 0.3) is 0 Å². The molecule has 3 aromatic rings. The Hall–Kier alpha value is -3.96. The van der Waals surface area contributed by atoms with Crippen molar-refractivity contribution in [3.8, 4) is 0 Å². The van der Waals surface area contributed by atoms with Gasteiger partial charge in [0.1, 0.15) is 5.60 Å². The van der Waals surface area contributed by atoms with Crippen LogP contribution in [0.4, 0.5) is 16.3 Å². The first-order valence-electron chi connectivity index (χ1n) is 10.1. The third-order valence-corrected chi connectivity index (χ3v) is 4.52. The van der Waals surface area contributed by atoms with Gasteiger partial charge < -0.3 is 15.4 Å². The van der Waals surface area contributed by atoms with Gasteiger partial charge in [-0.2, -0.15) is 0 Å². The van der Waals surface area contributed by atoms with Crippen molar-refractivity contribution >= 4 is 40.9 Å². The molecule has 0 aliphatic carbocycles. The largest absolute Gasteiger partial charge is 0.444 e. The lowest BCUT2D eigenvalue weighted by atomic mass is 10.1. The van der Waals surface area contributed by atoms with Gasteiger partial charge in [0.05, 0.1) is 0 Å². The summed E-state index contributed by atoms with van der Waals surface area (Å²) in [5.41, 5.74) is 0.889. The molecular weight excluding hydrogens is 462 g/mol. The van der Waals surface area contributed by atoms with E-state index >= 15 is 0 Å². The van der Waals surface area contributed by atoms with Crippen molar-refractivity contribution in [2.24, 2.45) is 5.84 Å². The fraction of sp³-hybridized carbons (Fsp3) is 0.227. The maximum atomic E-state index is 12.8. The second-order valence-corrected chi connectivity index (χ2v) is 8.61. The molecule has 3 rings (SSSR count). The lowest BCUT2D eigenvalue weighted by Crippen LogP contribution is -2.39. The number of amidine groups is 1. The molecule has 2 amide bonds. The van der Waals surface area contributed by atoms with Gasteiger partial charge in [0.25, 0.3) is 5.91 Å². The third-order valence-electron chi connectivity index (χ3n) is 4.29. The standard InChI is InChI=1S/C22H24ClN7O4/c1-22(2,3)33-21(32)26-12-13-7-9-14(10-8-13)20(31)30(25)19-17(28-34-29-19)18(24)27-16-6-4-5-15(23)11-16/h4-11H,12,25H2,1-3H3,(H2,24,27)(H,26,32). The molecular formula is C22H24ClN7O4. The van der Waals surface area contributed by atoms with Crippen LogP contribution in [0.1, 0.15) is 42.4 Å². The van der Waals surface area contributed by atoms with Crippen molar-refractivity contribution in [1.82, 2.24) is 15.6 Å². The fourth-order valence-corrected chi connectivity index (χ4v) is 2.95. The van der Waals surface area contributed by atoms with Crippen LogP contribution in [0.3, 0.4) is 0 Å². The van der Waals surface area contributed by atoms with Crippen LogP contribution in [-0.2, 0) is 11.3 Å². The number of nitrogens with two attached hydrogens (primary N) is 1. The molecule has 1 heterocycles. The highest BCUT2D eigenvalue weighted by atomic mass is 35.5. The van der Waals surface area contributed by atoms with Gasteiger partial charge in [0, 0.05) is 22.8 Å². The highest BCUT2D eigenvalue weighted by Crippen LogP contribution is 2.20. The van der Waals surface area contributed by atoms with Crippen molar-refractivity contribution in [2.45, 2.75) is 32.9 Å². The Morgan fingerprint density at radius 1 is 1.18 bits per heavy atom. The molecule has 1 aromatic heterocycles. The maximum Gasteiger partial charge on any atom is 0.407 e. The molecule has 0 saturated heterocycles. The molecule has 2 aromatic carbocycles. The van der Waals surface area contributed by atoms with Crippen molar-refractivity contribution in [2.75, 3.05) is 10.3 Å². The number of amides is 2. The molecule has 0 fully saturated rings. The van der Waals surface area contributed by atoms with Gasteiger partial charge in [-0.25, -0.2) is 20.3 Å². The first-order chi connectivity index (χ1) is 16.0. The Balaban J connectivity index is 1.65. The summed E-state index contributed by atoms with van der Waals surface area (Å²) in [5.74, 6) is 5.04. The third kappa shape index (κ3) is 6.53. The number of anilines is 2. The van der Waals surface area contributed by atoms with Crippen molar-refractivity contribution < 1.29 is 19.0 Å². The van der Waals surface area contributed by atoms with Crippen molar-refractivity contribution in [3.05, 3.63) is 70.4 Å². The number of nitrogens with zero attached hydrogens (tertiary/aromatic N) is 3. The monoisotopic (exact) mass is 485 g/mol.